The van der Waals surface area contributed by atoms with Gasteiger partial charge in [0, 0.05) is 47.8 Å². The first-order valence-corrected chi connectivity index (χ1v) is 7.94. The molecule has 0 atom stereocenters. The predicted octanol–water partition coefficient (Wildman–Crippen LogP) is 2.35. The number of hydrogen-bond acceptors (Lipinski definition) is 5. The van der Waals surface area contributed by atoms with Gasteiger partial charge in [-0.2, -0.15) is 0 Å². The Hall–Kier alpha value is -3.74. The number of hydrogen-bond donors (Lipinski definition) is 2. The number of fused-ring (bicyclic) bond motifs is 1. The molecule has 1 aromatic carbocycles. The number of nitrogens with zero attached hydrogens (tertiary/aromatic N) is 4. The normalized spacial score (nSPS) is 10.9. The molecule has 128 valence electrons. The van der Waals surface area contributed by atoms with Gasteiger partial charge >= 0.3 is 0 Å². The number of nitrogens with two attached hydrogens (primary N) is 1. The zero-order valence-electron chi connectivity index (χ0n) is 13.7. The molecule has 0 fully saturated rings. The van der Waals surface area contributed by atoms with E-state index in [2.05, 4.69) is 15.0 Å². The maximum absolute atomic E-state index is 11.2. The van der Waals surface area contributed by atoms with Gasteiger partial charge in [-0.15, -0.1) is 0 Å². The highest BCUT2D eigenvalue weighted by Gasteiger charge is 2.10. The van der Waals surface area contributed by atoms with Crippen LogP contribution >= 0.6 is 0 Å². The average Bonchev–Trinajstić information content (AvgIpc) is 3.04. The van der Waals surface area contributed by atoms with E-state index in [1.807, 2.05) is 22.9 Å². The zero-order chi connectivity index (χ0) is 18.1. The summed E-state index contributed by atoms with van der Waals surface area (Å²) in [6, 6.07) is 8.85. The van der Waals surface area contributed by atoms with Gasteiger partial charge in [0.05, 0.1) is 5.56 Å². The number of aromatic nitrogens is 4. The zero-order valence-corrected chi connectivity index (χ0v) is 13.7. The van der Waals surface area contributed by atoms with Crippen LogP contribution in [0.1, 0.15) is 15.9 Å². The summed E-state index contributed by atoms with van der Waals surface area (Å²) < 4.78 is 1.97. The summed E-state index contributed by atoms with van der Waals surface area (Å²) in [4.78, 5) is 23.8. The van der Waals surface area contributed by atoms with Crippen molar-refractivity contribution in [3.8, 4) is 16.9 Å². The van der Waals surface area contributed by atoms with E-state index in [9.17, 15) is 9.90 Å². The van der Waals surface area contributed by atoms with Crippen LogP contribution in [0.4, 0.5) is 0 Å². The maximum Gasteiger partial charge on any atom is 0.252 e. The Bertz CT molecular complexity index is 1110. The molecule has 26 heavy (non-hydrogen) atoms. The fraction of sp³-hybridized carbons (Fsp3) is 0.0526. The standard InChI is InChI=1S/C19H15N5O2/c20-18(26)16-2-1-12(5-17(16)25)10-24-4-3-13-6-14(9-23-19(13)24)15-7-21-11-22-8-15/h1-9,11,25H,10H2,(H2,20,26). The fourth-order valence-corrected chi connectivity index (χ4v) is 2.89. The Morgan fingerprint density at radius 1 is 1.08 bits per heavy atom. The first kappa shape index (κ1) is 15.8. The van der Waals surface area contributed by atoms with Gasteiger partial charge in [-0.1, -0.05) is 6.07 Å². The highest BCUT2D eigenvalue weighted by atomic mass is 16.3. The Kier molecular flexibility index (Phi) is 3.81. The molecule has 0 saturated heterocycles. The van der Waals surface area contributed by atoms with Crippen molar-refractivity contribution in [1.29, 1.82) is 0 Å². The third kappa shape index (κ3) is 2.86. The topological polar surface area (TPSA) is 107 Å². The summed E-state index contributed by atoms with van der Waals surface area (Å²) in [6.07, 6.45) is 8.70. The van der Waals surface area contributed by atoms with Gasteiger partial charge in [-0.25, -0.2) is 15.0 Å². The lowest BCUT2D eigenvalue weighted by Gasteiger charge is -2.08. The molecule has 0 spiro atoms. The number of primary amides is 1. The second kappa shape index (κ2) is 6.29. The lowest BCUT2D eigenvalue weighted by atomic mass is 10.1. The molecule has 1 amide bonds. The van der Waals surface area contributed by atoms with E-state index in [4.69, 9.17) is 5.73 Å². The van der Waals surface area contributed by atoms with Gasteiger partial charge in [-0.3, -0.25) is 4.79 Å². The molecule has 4 rings (SSSR count). The molecular formula is C19H15N5O2. The molecule has 3 N–H and O–H groups in total. The van der Waals surface area contributed by atoms with Crippen LogP contribution in [0.25, 0.3) is 22.2 Å². The molecule has 0 aliphatic heterocycles. The Morgan fingerprint density at radius 2 is 1.88 bits per heavy atom. The van der Waals surface area contributed by atoms with E-state index in [0.717, 1.165) is 27.7 Å². The first-order valence-electron chi connectivity index (χ1n) is 7.94. The second-order valence-corrected chi connectivity index (χ2v) is 5.92. The third-order valence-electron chi connectivity index (χ3n) is 4.18. The Morgan fingerprint density at radius 3 is 2.62 bits per heavy atom. The fourth-order valence-electron chi connectivity index (χ4n) is 2.89. The first-order chi connectivity index (χ1) is 12.6. The molecule has 0 unspecified atom stereocenters. The summed E-state index contributed by atoms with van der Waals surface area (Å²) in [5, 5.41) is 10.9. The Labute approximate surface area is 148 Å². The van der Waals surface area contributed by atoms with E-state index < -0.39 is 5.91 Å². The molecule has 0 aliphatic rings. The van der Waals surface area contributed by atoms with Crippen molar-refractivity contribution in [3.63, 3.8) is 0 Å². The van der Waals surface area contributed by atoms with E-state index in [1.165, 1.54) is 12.4 Å². The van der Waals surface area contributed by atoms with Crippen molar-refractivity contribution < 1.29 is 9.90 Å². The minimum absolute atomic E-state index is 0.110. The van der Waals surface area contributed by atoms with E-state index in [-0.39, 0.29) is 11.3 Å². The van der Waals surface area contributed by atoms with Crippen LogP contribution in [0.5, 0.6) is 5.75 Å². The predicted molar refractivity (Wildman–Crippen MR) is 96.5 cm³/mol. The summed E-state index contributed by atoms with van der Waals surface area (Å²) in [5.41, 5.74) is 8.84. The summed E-state index contributed by atoms with van der Waals surface area (Å²) in [5.74, 6) is -0.773. The number of pyridine rings is 1. The van der Waals surface area contributed by atoms with Crippen LogP contribution in [-0.4, -0.2) is 30.5 Å². The number of phenols is 1. The molecule has 7 heteroatoms. The highest BCUT2D eigenvalue weighted by molar-refractivity contribution is 5.95. The minimum Gasteiger partial charge on any atom is -0.507 e. The number of rotatable bonds is 4. The number of carbonyl (C=O) groups excluding carboxylic acids is 1. The largest absolute Gasteiger partial charge is 0.507 e. The molecule has 0 radical (unpaired) electrons. The second-order valence-electron chi connectivity index (χ2n) is 5.92. The van der Waals surface area contributed by atoms with E-state index >= 15 is 0 Å². The van der Waals surface area contributed by atoms with Gasteiger partial charge in [0.2, 0.25) is 0 Å². The summed E-state index contributed by atoms with van der Waals surface area (Å²) >= 11 is 0. The van der Waals surface area contributed by atoms with Crippen molar-refractivity contribution in [3.05, 3.63) is 72.6 Å². The number of amides is 1. The molecule has 0 aliphatic carbocycles. The number of aromatic hydroxyl groups is 1. The Balaban J connectivity index is 1.66. The van der Waals surface area contributed by atoms with Crippen molar-refractivity contribution >= 4 is 16.9 Å². The number of carbonyl (C=O) groups is 1. The van der Waals surface area contributed by atoms with Crippen molar-refractivity contribution in [1.82, 2.24) is 19.5 Å². The van der Waals surface area contributed by atoms with Gasteiger partial charge in [0.25, 0.3) is 5.91 Å². The van der Waals surface area contributed by atoms with Crippen LogP contribution in [0.2, 0.25) is 0 Å². The summed E-state index contributed by atoms with van der Waals surface area (Å²) in [7, 11) is 0. The molecule has 0 saturated carbocycles. The minimum atomic E-state index is -0.653. The maximum atomic E-state index is 11.2. The van der Waals surface area contributed by atoms with Crippen molar-refractivity contribution in [2.75, 3.05) is 0 Å². The van der Waals surface area contributed by atoms with Crippen LogP contribution in [0.15, 0.2) is 61.4 Å². The van der Waals surface area contributed by atoms with Crippen molar-refractivity contribution in [2.24, 2.45) is 5.73 Å². The van der Waals surface area contributed by atoms with Gasteiger partial charge in [0.15, 0.2) is 0 Å². The molecule has 7 nitrogen and oxygen atoms in total. The van der Waals surface area contributed by atoms with Crippen LogP contribution in [0.3, 0.4) is 0 Å². The smallest absolute Gasteiger partial charge is 0.252 e. The molecule has 4 aromatic rings. The van der Waals surface area contributed by atoms with Crippen LogP contribution < -0.4 is 5.73 Å². The van der Waals surface area contributed by atoms with E-state index in [1.54, 1.807) is 30.7 Å². The van der Waals surface area contributed by atoms with Crippen molar-refractivity contribution in [2.45, 2.75) is 6.54 Å². The SMILES string of the molecule is NC(=O)c1ccc(Cn2ccc3cc(-c4cncnc4)cnc32)cc1O. The summed E-state index contributed by atoms with van der Waals surface area (Å²) in [6.45, 7) is 0.511. The third-order valence-corrected chi connectivity index (χ3v) is 4.18. The quantitative estimate of drug-likeness (QED) is 0.590. The van der Waals surface area contributed by atoms with Crippen LogP contribution in [0, 0.1) is 0 Å². The number of benzene rings is 1. The molecular weight excluding hydrogens is 330 g/mol. The monoisotopic (exact) mass is 345 g/mol. The lowest BCUT2D eigenvalue weighted by Crippen LogP contribution is -2.11. The molecule has 3 aromatic heterocycles. The van der Waals surface area contributed by atoms with Gasteiger partial charge in [0.1, 0.15) is 17.7 Å². The molecule has 0 bridgehead atoms. The van der Waals surface area contributed by atoms with Gasteiger partial charge < -0.3 is 15.4 Å². The molecule has 3 heterocycles. The van der Waals surface area contributed by atoms with E-state index in [0.29, 0.717) is 6.54 Å². The van der Waals surface area contributed by atoms with Crippen LogP contribution in [-0.2, 0) is 6.54 Å². The van der Waals surface area contributed by atoms with Gasteiger partial charge in [-0.05, 0) is 29.8 Å². The lowest BCUT2D eigenvalue weighted by molar-refractivity contribution is 0.0998. The highest BCUT2D eigenvalue weighted by Crippen LogP contribution is 2.24. The average molecular weight is 345 g/mol.